The molecule has 0 unspecified atom stereocenters. The smallest absolute Gasteiger partial charge is 0.475 e. The van der Waals surface area contributed by atoms with E-state index in [0.29, 0.717) is 13.1 Å². The monoisotopic (exact) mass is 446 g/mol. The first-order chi connectivity index (χ1) is 13.8. The highest BCUT2D eigenvalue weighted by atomic mass is 32.2. The van der Waals surface area contributed by atoms with Gasteiger partial charge in [0, 0.05) is 25.0 Å². The van der Waals surface area contributed by atoms with Crippen LogP contribution in [0.25, 0.3) is 17.1 Å². The Balaban J connectivity index is 0.000000396. The number of aliphatic carboxylic acids is 1. The van der Waals surface area contributed by atoms with Crippen LogP contribution in [0.15, 0.2) is 24.4 Å². The second-order valence-electron chi connectivity index (χ2n) is 6.64. The first-order valence-corrected chi connectivity index (χ1v) is 10.6. The number of nitrogens with one attached hydrogen (secondary N) is 1. The third kappa shape index (κ3) is 6.13. The number of carboxylic acid groups (broad SMARTS) is 1. The number of pyridine rings is 1. The number of halogens is 3. The fourth-order valence-corrected chi connectivity index (χ4v) is 3.45. The zero-order chi connectivity index (χ0) is 22.7. The van der Waals surface area contributed by atoms with E-state index in [4.69, 9.17) is 9.90 Å². The van der Waals surface area contributed by atoms with E-state index in [-0.39, 0.29) is 0 Å². The summed E-state index contributed by atoms with van der Waals surface area (Å²) in [4.78, 5) is 21.0. The summed E-state index contributed by atoms with van der Waals surface area (Å²) in [7, 11) is -3.17. The topological polar surface area (TPSA) is 116 Å². The molecule has 0 saturated heterocycles. The second-order valence-corrected chi connectivity index (χ2v) is 8.63. The van der Waals surface area contributed by atoms with Crippen LogP contribution in [0.5, 0.6) is 0 Å². The van der Waals surface area contributed by atoms with Crippen LogP contribution < -0.4 is 0 Å². The van der Waals surface area contributed by atoms with Gasteiger partial charge in [-0.2, -0.15) is 17.5 Å². The molecule has 164 valence electrons. The lowest BCUT2D eigenvalue weighted by atomic mass is 10.0. The number of nitrogens with zero attached hydrogens (tertiary/aromatic N) is 3. The maximum atomic E-state index is 11.8. The summed E-state index contributed by atoms with van der Waals surface area (Å²) in [6, 6.07) is 3.86. The lowest BCUT2D eigenvalue weighted by Gasteiger charge is -2.25. The molecule has 0 atom stereocenters. The van der Waals surface area contributed by atoms with Crippen molar-refractivity contribution in [2.45, 2.75) is 26.4 Å². The van der Waals surface area contributed by atoms with Gasteiger partial charge in [-0.15, -0.1) is 0 Å². The van der Waals surface area contributed by atoms with Crippen LogP contribution >= 0.6 is 0 Å². The molecule has 3 heterocycles. The number of hydrogen-bond acceptors (Lipinski definition) is 5. The van der Waals surface area contributed by atoms with Gasteiger partial charge in [0.1, 0.15) is 5.69 Å². The van der Waals surface area contributed by atoms with Gasteiger partial charge >= 0.3 is 12.1 Å². The molecule has 2 aromatic rings. The molecule has 0 aromatic carbocycles. The molecule has 0 amide bonds. The van der Waals surface area contributed by atoms with Gasteiger partial charge < -0.3 is 10.1 Å². The van der Waals surface area contributed by atoms with E-state index in [9.17, 15) is 21.6 Å². The van der Waals surface area contributed by atoms with Gasteiger partial charge in [0.2, 0.25) is 10.0 Å². The van der Waals surface area contributed by atoms with E-state index in [1.807, 2.05) is 26.0 Å². The van der Waals surface area contributed by atoms with Crippen LogP contribution in [-0.2, 0) is 14.8 Å². The number of aryl methyl sites for hydroxylation is 2. The minimum atomic E-state index is -5.08. The lowest BCUT2D eigenvalue weighted by Crippen LogP contribution is -2.34. The largest absolute Gasteiger partial charge is 0.490 e. The maximum absolute atomic E-state index is 11.8. The van der Waals surface area contributed by atoms with Gasteiger partial charge in [-0.05, 0) is 43.5 Å². The Morgan fingerprint density at radius 3 is 2.43 bits per heavy atom. The molecular weight excluding hydrogens is 425 g/mol. The highest BCUT2D eigenvalue weighted by Crippen LogP contribution is 2.25. The maximum Gasteiger partial charge on any atom is 0.490 e. The lowest BCUT2D eigenvalue weighted by molar-refractivity contribution is -0.192. The van der Waals surface area contributed by atoms with Crippen LogP contribution in [-0.4, -0.2) is 64.3 Å². The second kappa shape index (κ2) is 8.96. The molecule has 30 heavy (non-hydrogen) atoms. The fourth-order valence-electron chi connectivity index (χ4n) is 2.64. The molecular formula is C18H21F3N4O4S. The number of H-pyrrole nitrogens is 1. The van der Waals surface area contributed by atoms with Gasteiger partial charge in [0.15, 0.2) is 5.82 Å². The highest BCUT2D eigenvalue weighted by molar-refractivity contribution is 7.88. The standard InChI is InChI=1S/C16H20N4O2S.C2HF3O2/c1-11-12(2)19-16(18-11)15-9-13(6-7-17-15)14-5-4-8-20(10-14)23(3,21)22;3-2(4,5)1(6)7/h5-7,9H,4,8,10H2,1-3H3,(H,18,19);(H,6,7). The minimum absolute atomic E-state index is 0.401. The van der Waals surface area contributed by atoms with Crippen molar-refractivity contribution >= 4 is 21.6 Å². The average Bonchev–Trinajstić information content (AvgIpc) is 3.00. The molecule has 3 rings (SSSR count). The summed E-state index contributed by atoms with van der Waals surface area (Å²) in [5.74, 6) is -2.02. The molecule has 0 spiro atoms. The Labute approximate surface area is 171 Å². The number of carbonyl (C=O) groups is 1. The summed E-state index contributed by atoms with van der Waals surface area (Å²) >= 11 is 0. The fraction of sp³-hybridized carbons (Fsp3) is 0.389. The Morgan fingerprint density at radius 2 is 1.93 bits per heavy atom. The minimum Gasteiger partial charge on any atom is -0.475 e. The van der Waals surface area contributed by atoms with Crippen molar-refractivity contribution in [3.8, 4) is 11.5 Å². The normalized spacial score (nSPS) is 15.2. The van der Waals surface area contributed by atoms with Crippen molar-refractivity contribution in [2.24, 2.45) is 0 Å². The molecule has 0 saturated carbocycles. The number of rotatable bonds is 3. The van der Waals surface area contributed by atoms with Gasteiger partial charge in [0.05, 0.1) is 11.9 Å². The number of sulfonamides is 1. The van der Waals surface area contributed by atoms with Crippen molar-refractivity contribution in [1.82, 2.24) is 19.3 Å². The number of aromatic amines is 1. The quantitative estimate of drug-likeness (QED) is 0.749. The Morgan fingerprint density at radius 1 is 1.30 bits per heavy atom. The third-order valence-corrected chi connectivity index (χ3v) is 5.58. The molecule has 12 heteroatoms. The molecule has 1 aliphatic heterocycles. The van der Waals surface area contributed by atoms with Gasteiger partial charge in [0.25, 0.3) is 0 Å². The zero-order valence-electron chi connectivity index (χ0n) is 16.5. The predicted octanol–water partition coefficient (Wildman–Crippen LogP) is 2.77. The molecule has 0 aliphatic carbocycles. The van der Waals surface area contributed by atoms with Crippen LogP contribution in [0, 0.1) is 13.8 Å². The molecule has 0 radical (unpaired) electrons. The summed E-state index contributed by atoms with van der Waals surface area (Å²) in [5, 5.41) is 7.12. The number of hydrogen-bond donors (Lipinski definition) is 2. The van der Waals surface area contributed by atoms with E-state index in [0.717, 1.165) is 40.5 Å². The van der Waals surface area contributed by atoms with Crippen molar-refractivity contribution < 1.29 is 31.5 Å². The van der Waals surface area contributed by atoms with Crippen LogP contribution in [0.2, 0.25) is 0 Å². The third-order valence-electron chi connectivity index (χ3n) is 4.33. The van der Waals surface area contributed by atoms with E-state index >= 15 is 0 Å². The predicted molar refractivity (Wildman–Crippen MR) is 104 cm³/mol. The van der Waals surface area contributed by atoms with Crippen molar-refractivity contribution in [2.75, 3.05) is 19.3 Å². The van der Waals surface area contributed by atoms with Crippen LogP contribution in [0.4, 0.5) is 13.2 Å². The zero-order valence-corrected chi connectivity index (χ0v) is 17.3. The first-order valence-electron chi connectivity index (χ1n) is 8.73. The summed E-state index contributed by atoms with van der Waals surface area (Å²) in [6.45, 7) is 4.87. The number of carboxylic acids is 1. The molecule has 2 aromatic heterocycles. The van der Waals surface area contributed by atoms with Crippen LogP contribution in [0.3, 0.4) is 0 Å². The molecule has 8 nitrogen and oxygen atoms in total. The SMILES string of the molecule is Cc1nc(-c2cc(C3=CCCN(S(C)(=O)=O)C3)ccn2)[nH]c1C.O=C(O)C(F)(F)F. The Bertz CT molecular complexity index is 1040. The summed E-state index contributed by atoms with van der Waals surface area (Å²) in [6.07, 6.45) is 0.721. The molecule has 2 N–H and O–H groups in total. The van der Waals surface area contributed by atoms with Crippen molar-refractivity contribution in [1.29, 1.82) is 0 Å². The Kier molecular flexibility index (Phi) is 7.03. The van der Waals surface area contributed by atoms with E-state index < -0.39 is 22.2 Å². The molecule has 0 fully saturated rings. The molecule has 0 bridgehead atoms. The summed E-state index contributed by atoms with van der Waals surface area (Å²) < 4.78 is 56.8. The van der Waals surface area contributed by atoms with Crippen molar-refractivity contribution in [3.05, 3.63) is 41.4 Å². The highest BCUT2D eigenvalue weighted by Gasteiger charge is 2.38. The van der Waals surface area contributed by atoms with Gasteiger partial charge in [-0.3, -0.25) is 4.98 Å². The number of imidazole rings is 1. The number of alkyl halides is 3. The van der Waals surface area contributed by atoms with E-state index in [2.05, 4.69) is 21.0 Å². The number of aromatic nitrogens is 3. The van der Waals surface area contributed by atoms with Gasteiger partial charge in [-0.25, -0.2) is 18.2 Å². The van der Waals surface area contributed by atoms with Crippen LogP contribution in [0.1, 0.15) is 23.4 Å². The molecule has 1 aliphatic rings. The van der Waals surface area contributed by atoms with E-state index in [1.165, 1.54) is 10.6 Å². The van der Waals surface area contributed by atoms with Crippen molar-refractivity contribution in [3.63, 3.8) is 0 Å². The first kappa shape index (κ1) is 23.5. The summed E-state index contributed by atoms with van der Waals surface area (Å²) in [5.41, 5.74) is 4.72. The Hall–Kier alpha value is -2.73. The van der Waals surface area contributed by atoms with E-state index in [1.54, 1.807) is 6.20 Å². The average molecular weight is 446 g/mol. The van der Waals surface area contributed by atoms with Gasteiger partial charge in [-0.1, -0.05) is 6.08 Å².